The van der Waals surface area contributed by atoms with Gasteiger partial charge in [0.15, 0.2) is 0 Å². The number of anilines is 2. The molecule has 1 rings (SSSR count). The molecular weight excluding hydrogens is 259 g/mol. The largest absolute Gasteiger partial charge is 0.405 e. The Bertz CT molecular complexity index is 445. The van der Waals surface area contributed by atoms with E-state index >= 15 is 0 Å². The van der Waals surface area contributed by atoms with Crippen molar-refractivity contribution in [2.75, 3.05) is 23.9 Å². The van der Waals surface area contributed by atoms with E-state index in [1.54, 1.807) is 6.92 Å². The fraction of sp³-hybridized carbons (Fsp3) is 0.636. The van der Waals surface area contributed by atoms with E-state index in [-0.39, 0.29) is 11.7 Å². The molecule has 0 amide bonds. The Labute approximate surface area is 110 Å². The summed E-state index contributed by atoms with van der Waals surface area (Å²) in [5.41, 5.74) is 2.87. The van der Waals surface area contributed by atoms with Crippen molar-refractivity contribution >= 4 is 11.6 Å². The van der Waals surface area contributed by atoms with Crippen LogP contribution in [0.3, 0.4) is 0 Å². The summed E-state index contributed by atoms with van der Waals surface area (Å²) in [6.45, 7) is 4.27. The third-order valence-corrected chi connectivity index (χ3v) is 2.57. The third-order valence-electron chi connectivity index (χ3n) is 2.57. The zero-order chi connectivity index (χ0) is 14.8. The lowest BCUT2D eigenvalue weighted by molar-refractivity contribution is -0.119. The molecule has 108 valence electrons. The number of halogens is 3. The van der Waals surface area contributed by atoms with Gasteiger partial charge in [-0.25, -0.2) is 15.8 Å². The summed E-state index contributed by atoms with van der Waals surface area (Å²) in [7, 11) is 1.34. The number of nitrogens with zero attached hydrogens (tertiary/aromatic N) is 3. The standard InChI is InChI=1S/C11H18F3N5/c1-6(2)8-16-9(18-15)7(3)10(17-8)19(4)5-11(12,13)14/h6H,5,15H2,1-4H3,(H,16,17,18). The first-order valence-corrected chi connectivity index (χ1v) is 5.78. The lowest BCUT2D eigenvalue weighted by atomic mass is 10.2. The van der Waals surface area contributed by atoms with Gasteiger partial charge < -0.3 is 10.3 Å². The van der Waals surface area contributed by atoms with Crippen LogP contribution in [0, 0.1) is 6.92 Å². The smallest absolute Gasteiger partial charge is 0.350 e. The van der Waals surface area contributed by atoms with Gasteiger partial charge in [0.05, 0.1) is 0 Å². The molecule has 5 nitrogen and oxygen atoms in total. The number of nitrogens with one attached hydrogen (secondary N) is 1. The normalized spacial score (nSPS) is 11.8. The minimum absolute atomic E-state index is 0.00858. The summed E-state index contributed by atoms with van der Waals surface area (Å²) in [6.07, 6.45) is -4.29. The Morgan fingerprint density at radius 2 is 1.89 bits per heavy atom. The van der Waals surface area contributed by atoms with Crippen LogP contribution in [-0.2, 0) is 0 Å². The van der Waals surface area contributed by atoms with Crippen LogP contribution in [0.15, 0.2) is 0 Å². The lowest BCUT2D eigenvalue weighted by Gasteiger charge is -2.23. The molecule has 0 bridgehead atoms. The van der Waals surface area contributed by atoms with E-state index in [1.807, 2.05) is 13.8 Å². The van der Waals surface area contributed by atoms with Crippen molar-refractivity contribution in [2.45, 2.75) is 32.9 Å². The number of nitrogens with two attached hydrogens (primary N) is 1. The van der Waals surface area contributed by atoms with Gasteiger partial charge in [0, 0.05) is 18.5 Å². The topological polar surface area (TPSA) is 67.1 Å². The second-order valence-corrected chi connectivity index (χ2v) is 4.65. The summed E-state index contributed by atoms with van der Waals surface area (Å²) in [5, 5.41) is 0. The first-order chi connectivity index (χ1) is 8.65. The van der Waals surface area contributed by atoms with E-state index in [0.29, 0.717) is 17.2 Å². The molecule has 0 fully saturated rings. The van der Waals surface area contributed by atoms with Crippen molar-refractivity contribution in [1.29, 1.82) is 0 Å². The second-order valence-electron chi connectivity index (χ2n) is 4.65. The molecule has 0 unspecified atom stereocenters. The monoisotopic (exact) mass is 277 g/mol. The van der Waals surface area contributed by atoms with Crippen LogP contribution in [0.1, 0.15) is 31.2 Å². The molecule has 0 saturated carbocycles. The van der Waals surface area contributed by atoms with Crippen LogP contribution in [0.4, 0.5) is 24.8 Å². The van der Waals surface area contributed by atoms with Crippen LogP contribution in [0.25, 0.3) is 0 Å². The van der Waals surface area contributed by atoms with Crippen LogP contribution in [0.5, 0.6) is 0 Å². The number of alkyl halides is 3. The SMILES string of the molecule is Cc1c(NN)nc(C(C)C)nc1N(C)CC(F)(F)F. The second kappa shape index (κ2) is 5.60. The van der Waals surface area contributed by atoms with Gasteiger partial charge in [0.1, 0.15) is 24.0 Å². The average Bonchev–Trinajstić information content (AvgIpc) is 2.26. The summed E-state index contributed by atoms with van der Waals surface area (Å²) in [6, 6.07) is 0. The van der Waals surface area contributed by atoms with E-state index in [2.05, 4.69) is 15.4 Å². The maximum absolute atomic E-state index is 12.4. The number of aromatic nitrogens is 2. The molecule has 0 aliphatic rings. The van der Waals surface area contributed by atoms with Crippen molar-refractivity contribution in [2.24, 2.45) is 5.84 Å². The van der Waals surface area contributed by atoms with E-state index in [9.17, 15) is 13.2 Å². The molecule has 0 radical (unpaired) electrons. The Balaban J connectivity index is 3.21. The first-order valence-electron chi connectivity index (χ1n) is 5.78. The van der Waals surface area contributed by atoms with Crippen molar-refractivity contribution in [3.8, 4) is 0 Å². The van der Waals surface area contributed by atoms with Crippen molar-refractivity contribution in [3.05, 3.63) is 11.4 Å². The highest BCUT2D eigenvalue weighted by molar-refractivity contribution is 5.58. The number of nitrogen functional groups attached to an aromatic ring is 1. The molecule has 1 heterocycles. The van der Waals surface area contributed by atoms with E-state index < -0.39 is 12.7 Å². The molecule has 0 spiro atoms. The molecular formula is C11H18F3N5. The van der Waals surface area contributed by atoms with Gasteiger partial charge in [-0.05, 0) is 6.92 Å². The van der Waals surface area contributed by atoms with Crippen molar-refractivity contribution in [3.63, 3.8) is 0 Å². The highest BCUT2D eigenvalue weighted by Crippen LogP contribution is 2.27. The minimum atomic E-state index is -4.29. The molecule has 3 N–H and O–H groups in total. The molecule has 1 aromatic heterocycles. The highest BCUT2D eigenvalue weighted by atomic mass is 19.4. The first kappa shape index (κ1) is 15.5. The molecule has 1 aromatic rings. The highest BCUT2D eigenvalue weighted by Gasteiger charge is 2.31. The van der Waals surface area contributed by atoms with Crippen molar-refractivity contribution in [1.82, 2.24) is 9.97 Å². The molecule has 0 aliphatic carbocycles. The number of hydrogen-bond acceptors (Lipinski definition) is 5. The quantitative estimate of drug-likeness (QED) is 0.652. The van der Waals surface area contributed by atoms with Gasteiger partial charge in [-0.1, -0.05) is 13.8 Å². The van der Waals surface area contributed by atoms with Crippen molar-refractivity contribution < 1.29 is 13.2 Å². The minimum Gasteiger partial charge on any atom is -0.350 e. The van der Waals surface area contributed by atoms with Gasteiger partial charge in [-0.3, -0.25) is 0 Å². The van der Waals surface area contributed by atoms with Crippen LogP contribution in [0.2, 0.25) is 0 Å². The summed E-state index contributed by atoms with van der Waals surface area (Å²) < 4.78 is 37.3. The molecule has 0 atom stereocenters. The fourth-order valence-electron chi connectivity index (χ4n) is 1.64. The summed E-state index contributed by atoms with van der Waals surface area (Å²) in [4.78, 5) is 9.40. The maximum atomic E-state index is 12.4. The van der Waals surface area contributed by atoms with E-state index in [0.717, 1.165) is 4.90 Å². The van der Waals surface area contributed by atoms with Crippen LogP contribution in [-0.4, -0.2) is 29.7 Å². The van der Waals surface area contributed by atoms with E-state index in [1.165, 1.54) is 7.05 Å². The third kappa shape index (κ3) is 3.95. The van der Waals surface area contributed by atoms with Crippen LogP contribution >= 0.6 is 0 Å². The van der Waals surface area contributed by atoms with Gasteiger partial charge in [0.2, 0.25) is 0 Å². The summed E-state index contributed by atoms with van der Waals surface area (Å²) >= 11 is 0. The molecule has 19 heavy (non-hydrogen) atoms. The van der Waals surface area contributed by atoms with Gasteiger partial charge in [-0.15, -0.1) is 0 Å². The maximum Gasteiger partial charge on any atom is 0.405 e. The molecule has 0 aromatic carbocycles. The van der Waals surface area contributed by atoms with Gasteiger partial charge in [-0.2, -0.15) is 13.2 Å². The molecule has 0 saturated heterocycles. The molecule has 0 aliphatic heterocycles. The van der Waals surface area contributed by atoms with Gasteiger partial charge >= 0.3 is 6.18 Å². The fourth-order valence-corrected chi connectivity index (χ4v) is 1.64. The number of rotatable bonds is 4. The number of hydrazine groups is 1. The summed E-state index contributed by atoms with van der Waals surface area (Å²) in [5.74, 6) is 6.33. The zero-order valence-electron chi connectivity index (χ0n) is 11.3. The van der Waals surface area contributed by atoms with E-state index in [4.69, 9.17) is 5.84 Å². The number of hydrogen-bond donors (Lipinski definition) is 2. The Hall–Kier alpha value is -1.57. The predicted molar refractivity (Wildman–Crippen MR) is 68.0 cm³/mol. The Kier molecular flexibility index (Phi) is 4.56. The van der Waals surface area contributed by atoms with Gasteiger partial charge in [0.25, 0.3) is 0 Å². The lowest BCUT2D eigenvalue weighted by Crippen LogP contribution is -2.32. The average molecular weight is 277 g/mol. The van der Waals surface area contributed by atoms with Crippen LogP contribution < -0.4 is 16.2 Å². The predicted octanol–water partition coefficient (Wildman–Crippen LogP) is 2.19. The Morgan fingerprint density at radius 3 is 2.32 bits per heavy atom. The Morgan fingerprint density at radius 1 is 1.32 bits per heavy atom. The molecule has 8 heteroatoms. The zero-order valence-corrected chi connectivity index (χ0v) is 11.3.